The second-order valence-electron chi connectivity index (χ2n) is 7.12. The number of benzene rings is 1. The molecule has 0 unspecified atom stereocenters. The van der Waals surface area contributed by atoms with E-state index >= 15 is 0 Å². The molecule has 1 aromatic carbocycles. The van der Waals surface area contributed by atoms with Crippen molar-refractivity contribution in [2.75, 3.05) is 5.32 Å². The van der Waals surface area contributed by atoms with Crippen LogP contribution in [0.5, 0.6) is 5.75 Å². The first-order valence-corrected chi connectivity index (χ1v) is 8.17. The highest BCUT2D eigenvalue weighted by Gasteiger charge is 2.34. The quantitative estimate of drug-likeness (QED) is 0.883. The summed E-state index contributed by atoms with van der Waals surface area (Å²) < 4.78 is 11.4. The lowest BCUT2D eigenvalue weighted by atomic mass is 9.91. The van der Waals surface area contributed by atoms with Gasteiger partial charge in [0.15, 0.2) is 5.76 Å². The first-order valence-electron chi connectivity index (χ1n) is 8.17. The Kier molecular flexibility index (Phi) is 4.13. The molecule has 0 radical (unpaired) electrons. The number of hydrogen-bond acceptors (Lipinski definition) is 4. The maximum absolute atomic E-state index is 12.6. The molecular weight excluding hydrogens is 306 g/mol. The van der Waals surface area contributed by atoms with Crippen LogP contribution in [0.1, 0.15) is 67.8 Å². The molecule has 128 valence electrons. The second-order valence-corrected chi connectivity index (χ2v) is 7.12. The van der Waals surface area contributed by atoms with Crippen LogP contribution in [0.2, 0.25) is 0 Å². The number of fused-ring (bicyclic) bond motifs is 1. The van der Waals surface area contributed by atoms with E-state index in [2.05, 4.69) is 5.32 Å². The molecular formula is C19H23NO4. The first kappa shape index (κ1) is 16.6. The minimum absolute atomic E-state index is 0.186. The van der Waals surface area contributed by atoms with Gasteiger partial charge in [0.1, 0.15) is 11.4 Å². The van der Waals surface area contributed by atoms with Crippen LogP contribution in [0.4, 0.5) is 5.69 Å². The van der Waals surface area contributed by atoms with Crippen LogP contribution in [-0.4, -0.2) is 16.6 Å². The van der Waals surface area contributed by atoms with Gasteiger partial charge in [-0.25, -0.2) is 0 Å². The highest BCUT2D eigenvalue weighted by atomic mass is 16.5. The molecule has 0 bridgehead atoms. The number of amides is 1. The van der Waals surface area contributed by atoms with Gasteiger partial charge < -0.3 is 19.6 Å². The van der Waals surface area contributed by atoms with E-state index in [-0.39, 0.29) is 11.8 Å². The number of carbonyl (C=O) groups is 1. The summed E-state index contributed by atoms with van der Waals surface area (Å²) in [5, 5.41) is 13.2. The Hall–Kier alpha value is -2.27. The summed E-state index contributed by atoms with van der Waals surface area (Å²) in [6.07, 6.45) is 1.41. The number of furan rings is 1. The van der Waals surface area contributed by atoms with E-state index in [0.29, 0.717) is 29.2 Å². The van der Waals surface area contributed by atoms with Gasteiger partial charge in [-0.3, -0.25) is 4.79 Å². The molecule has 0 saturated carbocycles. The molecule has 0 saturated heterocycles. The van der Waals surface area contributed by atoms with Crippen molar-refractivity contribution in [3.05, 3.63) is 47.4 Å². The maximum atomic E-state index is 12.6. The van der Waals surface area contributed by atoms with Gasteiger partial charge in [-0.15, -0.1) is 0 Å². The minimum atomic E-state index is -0.615. The van der Waals surface area contributed by atoms with Gasteiger partial charge >= 0.3 is 0 Å². The normalized spacial score (nSPS) is 18.8. The van der Waals surface area contributed by atoms with E-state index < -0.39 is 11.7 Å². The van der Waals surface area contributed by atoms with Crippen LogP contribution < -0.4 is 10.1 Å². The average Bonchev–Trinajstić information content (AvgIpc) is 2.97. The molecule has 24 heavy (non-hydrogen) atoms. The average molecular weight is 329 g/mol. The fourth-order valence-corrected chi connectivity index (χ4v) is 3.06. The van der Waals surface area contributed by atoms with E-state index in [0.717, 1.165) is 5.56 Å². The highest BCUT2D eigenvalue weighted by molar-refractivity contribution is 6.04. The Labute approximate surface area is 141 Å². The number of nitrogens with one attached hydrogen (secondary N) is 1. The number of aliphatic hydroxyl groups is 1. The van der Waals surface area contributed by atoms with Gasteiger partial charge in [-0.2, -0.15) is 0 Å². The maximum Gasteiger partial charge on any atom is 0.291 e. The van der Waals surface area contributed by atoms with Crippen molar-refractivity contribution in [1.29, 1.82) is 0 Å². The Morgan fingerprint density at radius 2 is 2.08 bits per heavy atom. The van der Waals surface area contributed by atoms with Crippen molar-refractivity contribution in [1.82, 2.24) is 0 Å². The van der Waals surface area contributed by atoms with Crippen LogP contribution in [0.3, 0.4) is 0 Å². The van der Waals surface area contributed by atoms with E-state index in [1.165, 1.54) is 6.26 Å². The number of anilines is 1. The van der Waals surface area contributed by atoms with Crippen LogP contribution in [0.25, 0.3) is 0 Å². The number of carbonyl (C=O) groups excluding carboxylic acids is 1. The molecule has 1 aliphatic heterocycles. The second kappa shape index (κ2) is 5.98. The Morgan fingerprint density at radius 3 is 2.79 bits per heavy atom. The Morgan fingerprint density at radius 1 is 1.33 bits per heavy atom. The van der Waals surface area contributed by atoms with Crippen molar-refractivity contribution >= 4 is 11.6 Å². The van der Waals surface area contributed by atoms with Crippen LogP contribution >= 0.6 is 0 Å². The highest BCUT2D eigenvalue weighted by Crippen LogP contribution is 2.43. The van der Waals surface area contributed by atoms with Crippen molar-refractivity contribution in [2.24, 2.45) is 0 Å². The monoisotopic (exact) mass is 329 g/mol. The van der Waals surface area contributed by atoms with E-state index in [4.69, 9.17) is 9.15 Å². The van der Waals surface area contributed by atoms with E-state index in [1.807, 2.05) is 39.8 Å². The van der Waals surface area contributed by atoms with Crippen molar-refractivity contribution in [3.8, 4) is 5.75 Å². The molecule has 5 nitrogen and oxygen atoms in total. The Bertz CT molecular complexity index is 760. The van der Waals surface area contributed by atoms with Gasteiger partial charge in [-0.1, -0.05) is 26.0 Å². The SMILES string of the molecule is CC(C)c1ccoc1C(=O)Nc1cccc2c1OC(C)(C)C[C@@H]2O. The summed E-state index contributed by atoms with van der Waals surface area (Å²) in [4.78, 5) is 12.6. The number of para-hydroxylation sites is 1. The van der Waals surface area contributed by atoms with Crippen LogP contribution in [0.15, 0.2) is 34.9 Å². The standard InChI is InChI=1S/C19H23NO4/c1-11(2)12-8-9-23-17(12)18(22)20-14-7-5-6-13-15(21)10-19(3,4)24-16(13)14/h5-9,11,15,21H,10H2,1-4H3,(H,20,22)/t15-/m0/s1. The number of ether oxygens (including phenoxy) is 1. The van der Waals surface area contributed by atoms with Gasteiger partial charge in [0.25, 0.3) is 5.91 Å². The number of rotatable bonds is 3. The third-order valence-corrected chi connectivity index (χ3v) is 4.24. The molecule has 2 aromatic rings. The van der Waals surface area contributed by atoms with Crippen molar-refractivity contribution < 1.29 is 19.1 Å². The number of hydrogen-bond donors (Lipinski definition) is 2. The largest absolute Gasteiger partial charge is 0.485 e. The van der Waals surface area contributed by atoms with Gasteiger partial charge in [0.2, 0.25) is 0 Å². The predicted molar refractivity (Wildman–Crippen MR) is 91.5 cm³/mol. The predicted octanol–water partition coefficient (Wildman–Crippen LogP) is 4.25. The fraction of sp³-hybridized carbons (Fsp3) is 0.421. The lowest BCUT2D eigenvalue weighted by molar-refractivity contribution is 0.0121. The summed E-state index contributed by atoms with van der Waals surface area (Å²) in [6, 6.07) is 7.19. The molecule has 2 N–H and O–H groups in total. The van der Waals surface area contributed by atoms with Gasteiger partial charge in [0.05, 0.1) is 18.1 Å². The zero-order chi connectivity index (χ0) is 17.5. The van der Waals surface area contributed by atoms with Crippen molar-refractivity contribution in [3.63, 3.8) is 0 Å². The molecule has 0 fully saturated rings. The molecule has 1 amide bonds. The molecule has 1 aliphatic rings. The topological polar surface area (TPSA) is 71.7 Å². The van der Waals surface area contributed by atoms with Crippen LogP contribution in [-0.2, 0) is 0 Å². The van der Waals surface area contributed by atoms with Gasteiger partial charge in [0, 0.05) is 17.5 Å². The zero-order valence-corrected chi connectivity index (χ0v) is 14.4. The first-order chi connectivity index (χ1) is 11.3. The van der Waals surface area contributed by atoms with Gasteiger partial charge in [-0.05, 0) is 31.9 Å². The summed E-state index contributed by atoms with van der Waals surface area (Å²) in [6.45, 7) is 7.85. The lowest BCUT2D eigenvalue weighted by Crippen LogP contribution is -2.35. The van der Waals surface area contributed by atoms with Crippen LogP contribution in [0, 0.1) is 0 Å². The lowest BCUT2D eigenvalue weighted by Gasteiger charge is -2.36. The number of aliphatic hydroxyl groups excluding tert-OH is 1. The molecule has 1 atom stereocenters. The molecule has 2 heterocycles. The fourth-order valence-electron chi connectivity index (χ4n) is 3.06. The molecule has 3 rings (SSSR count). The smallest absolute Gasteiger partial charge is 0.291 e. The molecule has 1 aromatic heterocycles. The summed E-state index contributed by atoms with van der Waals surface area (Å²) in [7, 11) is 0. The molecule has 5 heteroatoms. The Balaban J connectivity index is 1.93. The summed E-state index contributed by atoms with van der Waals surface area (Å²) >= 11 is 0. The van der Waals surface area contributed by atoms with E-state index in [9.17, 15) is 9.90 Å². The summed E-state index contributed by atoms with van der Waals surface area (Å²) in [5.74, 6) is 0.690. The van der Waals surface area contributed by atoms with E-state index in [1.54, 1.807) is 12.1 Å². The van der Waals surface area contributed by atoms with Crippen molar-refractivity contribution in [2.45, 2.75) is 51.7 Å². The minimum Gasteiger partial charge on any atom is -0.485 e. The zero-order valence-electron chi connectivity index (χ0n) is 14.4. The molecule has 0 spiro atoms. The summed E-state index contributed by atoms with van der Waals surface area (Å²) in [5.41, 5.74) is 1.59. The molecule has 0 aliphatic carbocycles. The third-order valence-electron chi connectivity index (χ3n) is 4.24. The third kappa shape index (κ3) is 3.04.